The highest BCUT2D eigenvalue weighted by atomic mass is 14.3. The van der Waals surface area contributed by atoms with Crippen molar-refractivity contribution in [2.45, 2.75) is 39.5 Å². The third-order valence-corrected chi connectivity index (χ3v) is 4.09. The molecule has 1 heteroatoms. The second-order valence-electron chi connectivity index (χ2n) is 5.83. The molecule has 1 fully saturated rings. The zero-order valence-electron chi connectivity index (χ0n) is 11.8. The molecule has 1 nitrogen and oxygen atoms in total. The quantitative estimate of drug-likeness (QED) is 0.680. The average Bonchev–Trinajstić information content (AvgIpc) is 2.46. The Morgan fingerprint density at radius 3 is 2.42 bits per heavy atom. The standard InChI is InChI=1S/C18H21N/c1-14(2)18-5-3-4-16(12-18)9-6-15-7-10-17(13-19)11-8-15/h7-8,10-11,14,16,18H,3-5,12H2,1-2H3/t16-,18-/m0/s1. The molecule has 19 heavy (non-hydrogen) atoms. The Hall–Kier alpha value is -1.73. The van der Waals surface area contributed by atoms with E-state index < -0.39 is 0 Å². The molecule has 2 rings (SSSR count). The van der Waals surface area contributed by atoms with Crippen molar-refractivity contribution in [3.63, 3.8) is 0 Å². The van der Waals surface area contributed by atoms with E-state index in [1.165, 1.54) is 25.7 Å². The first kappa shape index (κ1) is 13.7. The van der Waals surface area contributed by atoms with E-state index in [2.05, 4.69) is 31.8 Å². The van der Waals surface area contributed by atoms with Crippen molar-refractivity contribution < 1.29 is 0 Å². The van der Waals surface area contributed by atoms with Crippen LogP contribution in [0.4, 0.5) is 0 Å². The van der Waals surface area contributed by atoms with E-state index in [9.17, 15) is 0 Å². The van der Waals surface area contributed by atoms with Crippen LogP contribution in [0.15, 0.2) is 24.3 Å². The summed E-state index contributed by atoms with van der Waals surface area (Å²) >= 11 is 0. The molecule has 1 aliphatic rings. The minimum absolute atomic E-state index is 0.553. The molecule has 0 bridgehead atoms. The van der Waals surface area contributed by atoms with Crippen molar-refractivity contribution >= 4 is 0 Å². The zero-order valence-corrected chi connectivity index (χ0v) is 11.8. The van der Waals surface area contributed by atoms with Crippen LogP contribution in [-0.2, 0) is 0 Å². The number of hydrogen-bond donors (Lipinski definition) is 0. The molecule has 98 valence electrons. The van der Waals surface area contributed by atoms with Crippen molar-refractivity contribution in [1.82, 2.24) is 0 Å². The lowest BCUT2D eigenvalue weighted by molar-refractivity contribution is 0.246. The van der Waals surface area contributed by atoms with Crippen molar-refractivity contribution in [2.24, 2.45) is 17.8 Å². The molecule has 1 aliphatic carbocycles. The normalized spacial score (nSPS) is 22.4. The van der Waals surface area contributed by atoms with Gasteiger partial charge in [-0.05, 0) is 48.9 Å². The Bertz CT molecular complexity index is 507. The number of nitriles is 1. The van der Waals surface area contributed by atoms with E-state index in [-0.39, 0.29) is 0 Å². The van der Waals surface area contributed by atoms with Crippen LogP contribution < -0.4 is 0 Å². The van der Waals surface area contributed by atoms with E-state index >= 15 is 0 Å². The van der Waals surface area contributed by atoms with Gasteiger partial charge in [-0.1, -0.05) is 38.5 Å². The van der Waals surface area contributed by atoms with E-state index in [0.29, 0.717) is 11.5 Å². The number of rotatable bonds is 1. The van der Waals surface area contributed by atoms with Gasteiger partial charge in [-0.3, -0.25) is 0 Å². The minimum atomic E-state index is 0.553. The highest BCUT2D eigenvalue weighted by Crippen LogP contribution is 2.33. The van der Waals surface area contributed by atoms with Gasteiger partial charge in [0.05, 0.1) is 11.6 Å². The van der Waals surface area contributed by atoms with Crippen LogP contribution in [0, 0.1) is 40.9 Å². The fourth-order valence-corrected chi connectivity index (χ4v) is 2.78. The molecule has 0 radical (unpaired) electrons. The van der Waals surface area contributed by atoms with Crippen LogP contribution in [0.2, 0.25) is 0 Å². The molecular weight excluding hydrogens is 230 g/mol. The summed E-state index contributed by atoms with van der Waals surface area (Å²) in [5.74, 6) is 8.86. The van der Waals surface area contributed by atoms with Crippen LogP contribution in [0.25, 0.3) is 0 Å². The fourth-order valence-electron chi connectivity index (χ4n) is 2.78. The lowest BCUT2D eigenvalue weighted by Crippen LogP contribution is -2.18. The van der Waals surface area contributed by atoms with Crippen molar-refractivity contribution in [3.8, 4) is 17.9 Å². The first-order chi connectivity index (χ1) is 9.19. The monoisotopic (exact) mass is 251 g/mol. The van der Waals surface area contributed by atoms with E-state index in [4.69, 9.17) is 5.26 Å². The second kappa shape index (κ2) is 6.44. The summed E-state index contributed by atoms with van der Waals surface area (Å²) in [5, 5.41) is 8.76. The molecule has 0 saturated heterocycles. The van der Waals surface area contributed by atoms with Crippen molar-refractivity contribution in [2.75, 3.05) is 0 Å². The first-order valence-electron chi connectivity index (χ1n) is 7.20. The van der Waals surface area contributed by atoms with Crippen LogP contribution in [0.3, 0.4) is 0 Å². The third-order valence-electron chi connectivity index (χ3n) is 4.09. The summed E-state index contributed by atoms with van der Waals surface area (Å²) in [7, 11) is 0. The SMILES string of the molecule is CC(C)[C@H]1CCC[C@@H](C#Cc2ccc(C#N)cc2)C1. The predicted molar refractivity (Wildman–Crippen MR) is 78.3 cm³/mol. The maximum absolute atomic E-state index is 8.76. The smallest absolute Gasteiger partial charge is 0.0991 e. The minimum Gasteiger partial charge on any atom is -0.192 e. The molecular formula is C18H21N. The number of hydrogen-bond acceptors (Lipinski definition) is 1. The molecule has 0 spiro atoms. The Labute approximate surface area is 116 Å². The molecule has 0 unspecified atom stereocenters. The summed E-state index contributed by atoms with van der Waals surface area (Å²) < 4.78 is 0. The van der Waals surface area contributed by atoms with Crippen molar-refractivity contribution in [1.29, 1.82) is 5.26 Å². The van der Waals surface area contributed by atoms with Gasteiger partial charge in [0.15, 0.2) is 0 Å². The molecule has 1 aromatic rings. The number of benzene rings is 1. The first-order valence-corrected chi connectivity index (χ1v) is 7.20. The van der Waals surface area contributed by atoms with Gasteiger partial charge in [-0.2, -0.15) is 5.26 Å². The summed E-state index contributed by atoms with van der Waals surface area (Å²) in [4.78, 5) is 0. The van der Waals surface area contributed by atoms with Gasteiger partial charge in [0.1, 0.15) is 0 Å². The summed E-state index contributed by atoms with van der Waals surface area (Å²) in [5.41, 5.74) is 1.72. The molecule has 0 amide bonds. The van der Waals surface area contributed by atoms with E-state index in [1.807, 2.05) is 24.3 Å². The summed E-state index contributed by atoms with van der Waals surface area (Å²) in [6.07, 6.45) is 5.18. The van der Waals surface area contributed by atoms with E-state index in [0.717, 1.165) is 17.4 Å². The lowest BCUT2D eigenvalue weighted by Gasteiger charge is -2.28. The molecule has 0 heterocycles. The largest absolute Gasteiger partial charge is 0.192 e. The predicted octanol–water partition coefficient (Wildman–Crippen LogP) is 4.37. The summed E-state index contributed by atoms with van der Waals surface area (Å²) in [6.45, 7) is 4.64. The average molecular weight is 251 g/mol. The van der Waals surface area contributed by atoms with Gasteiger partial charge < -0.3 is 0 Å². The maximum Gasteiger partial charge on any atom is 0.0991 e. The molecule has 0 N–H and O–H groups in total. The zero-order chi connectivity index (χ0) is 13.7. The fraction of sp³-hybridized carbons (Fsp3) is 0.500. The van der Waals surface area contributed by atoms with E-state index in [1.54, 1.807) is 0 Å². The summed E-state index contributed by atoms with van der Waals surface area (Å²) in [6, 6.07) is 9.68. The van der Waals surface area contributed by atoms with Crippen LogP contribution in [0.1, 0.15) is 50.7 Å². The van der Waals surface area contributed by atoms with Crippen LogP contribution >= 0.6 is 0 Å². The van der Waals surface area contributed by atoms with Crippen LogP contribution in [0.5, 0.6) is 0 Å². The van der Waals surface area contributed by atoms with Crippen molar-refractivity contribution in [3.05, 3.63) is 35.4 Å². The van der Waals surface area contributed by atoms with Gasteiger partial charge >= 0.3 is 0 Å². The Morgan fingerprint density at radius 1 is 1.11 bits per heavy atom. The molecule has 0 aliphatic heterocycles. The Kier molecular flexibility index (Phi) is 4.64. The highest BCUT2D eigenvalue weighted by molar-refractivity contribution is 5.40. The Balaban J connectivity index is 2.00. The highest BCUT2D eigenvalue weighted by Gasteiger charge is 2.22. The molecule has 1 aromatic carbocycles. The van der Waals surface area contributed by atoms with Gasteiger partial charge in [0.2, 0.25) is 0 Å². The Morgan fingerprint density at radius 2 is 1.79 bits per heavy atom. The van der Waals surface area contributed by atoms with Gasteiger partial charge in [0, 0.05) is 11.5 Å². The van der Waals surface area contributed by atoms with Gasteiger partial charge in [-0.25, -0.2) is 0 Å². The van der Waals surface area contributed by atoms with Gasteiger partial charge in [-0.15, -0.1) is 0 Å². The maximum atomic E-state index is 8.76. The second-order valence-corrected chi connectivity index (χ2v) is 5.83. The lowest BCUT2D eigenvalue weighted by atomic mass is 9.76. The topological polar surface area (TPSA) is 23.8 Å². The molecule has 0 aromatic heterocycles. The van der Waals surface area contributed by atoms with Crippen LogP contribution in [-0.4, -0.2) is 0 Å². The van der Waals surface area contributed by atoms with Gasteiger partial charge in [0.25, 0.3) is 0 Å². The third kappa shape index (κ3) is 3.87. The number of nitrogens with zero attached hydrogens (tertiary/aromatic N) is 1. The molecule has 2 atom stereocenters. The molecule has 1 saturated carbocycles.